The van der Waals surface area contributed by atoms with E-state index in [9.17, 15) is 9.59 Å². The second-order valence-corrected chi connectivity index (χ2v) is 6.88. The molecule has 1 atom stereocenters. The number of carbonyl (C=O) groups excluding carboxylic acids is 2. The number of H-pyrrole nitrogens is 1. The molecular formula is C21H22N4O2. The van der Waals surface area contributed by atoms with Gasteiger partial charge in [0.15, 0.2) is 0 Å². The van der Waals surface area contributed by atoms with Crippen LogP contribution < -0.4 is 16.0 Å². The SMILES string of the molecule is CC(=O)Nc1ccc(-c2cc3cc(NC(=O)[C@@H]4CCCN4)ccc3[nH]2)cc1. The zero-order valence-electron chi connectivity index (χ0n) is 15.1. The number of aromatic amines is 1. The fraction of sp³-hybridized carbons (Fsp3) is 0.238. The zero-order chi connectivity index (χ0) is 18.8. The van der Waals surface area contributed by atoms with Gasteiger partial charge in [0, 0.05) is 34.9 Å². The maximum absolute atomic E-state index is 12.3. The van der Waals surface area contributed by atoms with E-state index < -0.39 is 0 Å². The van der Waals surface area contributed by atoms with E-state index in [1.807, 2.05) is 42.5 Å². The number of rotatable bonds is 4. The second-order valence-electron chi connectivity index (χ2n) is 6.88. The molecule has 0 bridgehead atoms. The first-order valence-corrected chi connectivity index (χ1v) is 9.13. The number of hydrogen-bond donors (Lipinski definition) is 4. The summed E-state index contributed by atoms with van der Waals surface area (Å²) < 4.78 is 0. The lowest BCUT2D eigenvalue weighted by Gasteiger charge is -2.11. The third kappa shape index (κ3) is 3.85. The molecule has 2 aromatic carbocycles. The van der Waals surface area contributed by atoms with Gasteiger partial charge in [0.25, 0.3) is 0 Å². The Morgan fingerprint density at radius 3 is 2.48 bits per heavy atom. The molecule has 3 aromatic rings. The van der Waals surface area contributed by atoms with E-state index in [0.29, 0.717) is 0 Å². The highest BCUT2D eigenvalue weighted by Gasteiger charge is 2.21. The smallest absolute Gasteiger partial charge is 0.241 e. The molecule has 2 heterocycles. The highest BCUT2D eigenvalue weighted by atomic mass is 16.2. The molecule has 0 spiro atoms. The molecular weight excluding hydrogens is 340 g/mol. The summed E-state index contributed by atoms with van der Waals surface area (Å²) in [6, 6.07) is 15.5. The van der Waals surface area contributed by atoms with Gasteiger partial charge in [-0.1, -0.05) is 12.1 Å². The van der Waals surface area contributed by atoms with Crippen molar-refractivity contribution in [2.45, 2.75) is 25.8 Å². The molecule has 138 valence electrons. The highest BCUT2D eigenvalue weighted by molar-refractivity contribution is 5.97. The van der Waals surface area contributed by atoms with E-state index in [-0.39, 0.29) is 17.9 Å². The van der Waals surface area contributed by atoms with Crippen LogP contribution in [-0.4, -0.2) is 29.4 Å². The number of fused-ring (bicyclic) bond motifs is 1. The molecule has 6 nitrogen and oxygen atoms in total. The van der Waals surface area contributed by atoms with Crippen LogP contribution in [0.5, 0.6) is 0 Å². The van der Waals surface area contributed by atoms with E-state index in [0.717, 1.165) is 52.9 Å². The molecule has 1 aromatic heterocycles. The molecule has 6 heteroatoms. The summed E-state index contributed by atoms with van der Waals surface area (Å²) in [6.07, 6.45) is 1.93. The van der Waals surface area contributed by atoms with E-state index >= 15 is 0 Å². The summed E-state index contributed by atoms with van der Waals surface area (Å²) in [6.45, 7) is 2.39. The minimum atomic E-state index is -0.0930. The van der Waals surface area contributed by atoms with Crippen molar-refractivity contribution in [2.75, 3.05) is 17.2 Å². The topological polar surface area (TPSA) is 86.0 Å². The van der Waals surface area contributed by atoms with Crippen molar-refractivity contribution in [3.05, 3.63) is 48.5 Å². The molecule has 0 radical (unpaired) electrons. The van der Waals surface area contributed by atoms with E-state index in [4.69, 9.17) is 0 Å². The number of carbonyl (C=O) groups is 2. The zero-order valence-corrected chi connectivity index (χ0v) is 15.1. The Hall–Kier alpha value is -3.12. The summed E-state index contributed by atoms with van der Waals surface area (Å²) in [5.74, 6) is -0.0630. The molecule has 4 N–H and O–H groups in total. The first kappa shape index (κ1) is 17.3. The summed E-state index contributed by atoms with van der Waals surface area (Å²) in [7, 11) is 0. The Morgan fingerprint density at radius 2 is 1.78 bits per heavy atom. The van der Waals surface area contributed by atoms with Crippen LogP contribution in [0.4, 0.5) is 11.4 Å². The first-order chi connectivity index (χ1) is 13.1. The van der Waals surface area contributed by atoms with Gasteiger partial charge < -0.3 is 20.9 Å². The summed E-state index contributed by atoms with van der Waals surface area (Å²) >= 11 is 0. The number of amides is 2. The quantitative estimate of drug-likeness (QED) is 0.573. The lowest BCUT2D eigenvalue weighted by atomic mass is 10.1. The van der Waals surface area contributed by atoms with Crippen molar-refractivity contribution in [2.24, 2.45) is 0 Å². The normalized spacial score (nSPS) is 16.4. The molecule has 0 aliphatic carbocycles. The van der Waals surface area contributed by atoms with Crippen molar-refractivity contribution in [1.82, 2.24) is 10.3 Å². The molecule has 1 fully saturated rings. The lowest BCUT2D eigenvalue weighted by molar-refractivity contribution is -0.117. The molecule has 1 aliphatic heterocycles. The molecule has 1 aliphatic rings. The van der Waals surface area contributed by atoms with E-state index in [1.54, 1.807) is 0 Å². The molecule has 27 heavy (non-hydrogen) atoms. The summed E-state index contributed by atoms with van der Waals surface area (Å²) in [5.41, 5.74) is 4.59. The Kier molecular flexibility index (Phi) is 4.64. The maximum Gasteiger partial charge on any atom is 0.241 e. The lowest BCUT2D eigenvalue weighted by Crippen LogP contribution is -2.35. The Morgan fingerprint density at radius 1 is 1.00 bits per heavy atom. The largest absolute Gasteiger partial charge is 0.355 e. The van der Waals surface area contributed by atoms with Crippen molar-refractivity contribution < 1.29 is 9.59 Å². The second kappa shape index (κ2) is 7.25. The van der Waals surface area contributed by atoms with Crippen molar-refractivity contribution in [1.29, 1.82) is 0 Å². The maximum atomic E-state index is 12.3. The third-order valence-corrected chi connectivity index (χ3v) is 4.78. The van der Waals surface area contributed by atoms with E-state index in [1.165, 1.54) is 6.92 Å². The molecule has 2 amide bonds. The van der Waals surface area contributed by atoms with Crippen LogP contribution in [0.2, 0.25) is 0 Å². The number of anilines is 2. The van der Waals surface area contributed by atoms with Gasteiger partial charge >= 0.3 is 0 Å². The minimum absolute atomic E-state index is 0.0242. The van der Waals surface area contributed by atoms with Crippen LogP contribution in [0.15, 0.2) is 48.5 Å². The van der Waals surface area contributed by atoms with Gasteiger partial charge in [-0.2, -0.15) is 0 Å². The number of benzene rings is 2. The molecule has 4 rings (SSSR count). The van der Waals surface area contributed by atoms with Gasteiger partial charge in [-0.3, -0.25) is 9.59 Å². The number of nitrogens with one attached hydrogen (secondary N) is 4. The number of hydrogen-bond acceptors (Lipinski definition) is 3. The average Bonchev–Trinajstić information content (AvgIpc) is 3.31. The first-order valence-electron chi connectivity index (χ1n) is 9.13. The fourth-order valence-corrected chi connectivity index (χ4v) is 3.44. The van der Waals surface area contributed by atoms with Crippen LogP contribution >= 0.6 is 0 Å². The monoisotopic (exact) mass is 362 g/mol. The Labute approximate surface area is 157 Å². The van der Waals surface area contributed by atoms with Crippen LogP contribution in [0.1, 0.15) is 19.8 Å². The number of aromatic nitrogens is 1. The van der Waals surface area contributed by atoms with Gasteiger partial charge in [0.1, 0.15) is 0 Å². The van der Waals surface area contributed by atoms with Crippen LogP contribution in [0, 0.1) is 0 Å². The van der Waals surface area contributed by atoms with Crippen molar-refractivity contribution in [3.8, 4) is 11.3 Å². The van der Waals surface area contributed by atoms with Crippen molar-refractivity contribution in [3.63, 3.8) is 0 Å². The predicted molar refractivity (Wildman–Crippen MR) is 108 cm³/mol. The minimum Gasteiger partial charge on any atom is -0.355 e. The van der Waals surface area contributed by atoms with Gasteiger partial charge in [-0.15, -0.1) is 0 Å². The standard InChI is InChI=1S/C21H22N4O2/c1-13(26)23-16-6-4-14(5-7-16)20-12-15-11-17(8-9-18(15)25-20)24-21(27)19-3-2-10-22-19/h4-9,11-12,19,22,25H,2-3,10H2,1H3,(H,23,26)(H,24,27)/t19-/m0/s1. The molecule has 1 saturated heterocycles. The predicted octanol–water partition coefficient (Wildman–Crippen LogP) is 3.48. The third-order valence-electron chi connectivity index (χ3n) is 4.78. The average molecular weight is 362 g/mol. The van der Waals surface area contributed by atoms with Gasteiger partial charge in [0.2, 0.25) is 11.8 Å². The van der Waals surface area contributed by atoms with Crippen LogP contribution in [0.3, 0.4) is 0 Å². The van der Waals surface area contributed by atoms with Gasteiger partial charge in [-0.05, 0) is 61.3 Å². The summed E-state index contributed by atoms with van der Waals surface area (Å²) in [4.78, 5) is 26.8. The van der Waals surface area contributed by atoms with E-state index in [2.05, 4.69) is 27.0 Å². The Balaban J connectivity index is 1.53. The summed E-state index contributed by atoms with van der Waals surface area (Å²) in [5, 5.41) is 10.0. The van der Waals surface area contributed by atoms with Crippen LogP contribution in [0.25, 0.3) is 22.2 Å². The van der Waals surface area contributed by atoms with Gasteiger partial charge in [0.05, 0.1) is 6.04 Å². The Bertz CT molecular complexity index is 985. The fourth-order valence-electron chi connectivity index (χ4n) is 3.44. The van der Waals surface area contributed by atoms with Crippen LogP contribution in [-0.2, 0) is 9.59 Å². The highest BCUT2D eigenvalue weighted by Crippen LogP contribution is 2.27. The molecule has 0 saturated carbocycles. The molecule has 0 unspecified atom stereocenters. The van der Waals surface area contributed by atoms with Gasteiger partial charge in [-0.25, -0.2) is 0 Å². The van der Waals surface area contributed by atoms with Crippen molar-refractivity contribution >= 4 is 34.1 Å².